The van der Waals surface area contributed by atoms with Crippen LogP contribution < -0.4 is 15.8 Å². The van der Waals surface area contributed by atoms with E-state index in [0.29, 0.717) is 30.2 Å². The molecule has 0 radical (unpaired) electrons. The van der Waals surface area contributed by atoms with E-state index in [1.54, 1.807) is 12.1 Å². The highest BCUT2D eigenvalue weighted by Crippen LogP contribution is 2.33. The van der Waals surface area contributed by atoms with Gasteiger partial charge in [0.25, 0.3) is 11.8 Å². The number of amides is 2. The number of aromatic amines is 1. The van der Waals surface area contributed by atoms with Gasteiger partial charge in [-0.3, -0.25) is 9.59 Å². The van der Waals surface area contributed by atoms with Crippen LogP contribution in [0, 0.1) is 5.82 Å². The van der Waals surface area contributed by atoms with Crippen LogP contribution in [0.1, 0.15) is 27.3 Å². The van der Waals surface area contributed by atoms with E-state index < -0.39 is 29.8 Å². The molecule has 11 nitrogen and oxygen atoms in total. The third-order valence-corrected chi connectivity index (χ3v) is 7.52. The summed E-state index contributed by atoms with van der Waals surface area (Å²) in [6, 6.07) is 19.4. The Morgan fingerprint density at radius 2 is 1.89 bits per heavy atom. The van der Waals surface area contributed by atoms with Crippen molar-refractivity contribution in [2.24, 2.45) is 5.73 Å². The van der Waals surface area contributed by atoms with Crippen molar-refractivity contribution in [2.75, 3.05) is 19.6 Å². The number of ether oxygens (including phenoxy) is 1. The molecule has 0 saturated carbocycles. The quantitative estimate of drug-likeness (QED) is 0.203. The van der Waals surface area contributed by atoms with Crippen LogP contribution >= 0.6 is 0 Å². The molecule has 2 aromatic heterocycles. The van der Waals surface area contributed by atoms with Gasteiger partial charge in [0.15, 0.2) is 0 Å². The molecule has 1 saturated heterocycles. The number of hydrogen-bond donors (Lipinski definition) is 4. The highest BCUT2D eigenvalue weighted by Gasteiger charge is 2.41. The van der Waals surface area contributed by atoms with Gasteiger partial charge in [0.1, 0.15) is 29.4 Å². The average Bonchev–Trinajstić information content (AvgIpc) is 3.79. The van der Waals surface area contributed by atoms with Gasteiger partial charge >= 0.3 is 5.97 Å². The van der Waals surface area contributed by atoms with Crippen LogP contribution in [-0.2, 0) is 4.79 Å². The topological polar surface area (TPSA) is 156 Å². The number of fused-ring (bicyclic) bond motifs is 1. The summed E-state index contributed by atoms with van der Waals surface area (Å²) < 4.78 is 21.0. The number of nitrogens with two attached hydrogens (primary N) is 1. The Bertz CT molecular complexity index is 1850. The molecule has 1 aliphatic heterocycles. The van der Waals surface area contributed by atoms with Gasteiger partial charge in [-0.05, 0) is 59.7 Å². The molecule has 2 atom stereocenters. The van der Waals surface area contributed by atoms with E-state index >= 15 is 0 Å². The fraction of sp³-hybridized carbons (Fsp3) is 0.188. The first-order valence-corrected chi connectivity index (χ1v) is 14.0. The second-order valence-electron chi connectivity index (χ2n) is 10.5. The second-order valence-corrected chi connectivity index (χ2v) is 10.5. The van der Waals surface area contributed by atoms with Gasteiger partial charge in [0, 0.05) is 36.6 Å². The van der Waals surface area contributed by atoms with E-state index in [2.05, 4.69) is 15.4 Å². The van der Waals surface area contributed by atoms with Crippen LogP contribution in [-0.4, -0.2) is 74.3 Å². The van der Waals surface area contributed by atoms with Crippen molar-refractivity contribution in [1.29, 1.82) is 0 Å². The minimum Gasteiger partial charge on any atom is -0.488 e. The number of benzene rings is 3. The van der Waals surface area contributed by atoms with Gasteiger partial charge < -0.3 is 30.8 Å². The van der Waals surface area contributed by atoms with E-state index in [4.69, 9.17) is 10.5 Å². The molecule has 1 fully saturated rings. The highest BCUT2D eigenvalue weighted by atomic mass is 19.1. The number of halogens is 1. The van der Waals surface area contributed by atoms with Crippen LogP contribution in [0.2, 0.25) is 0 Å². The van der Waals surface area contributed by atoms with Crippen molar-refractivity contribution in [3.8, 4) is 22.6 Å². The lowest BCUT2D eigenvalue weighted by atomic mass is 10.0. The van der Waals surface area contributed by atoms with Gasteiger partial charge in [-0.15, -0.1) is 0 Å². The van der Waals surface area contributed by atoms with Crippen molar-refractivity contribution in [2.45, 2.75) is 18.6 Å². The zero-order valence-corrected chi connectivity index (χ0v) is 23.4. The highest BCUT2D eigenvalue weighted by molar-refractivity contribution is 6.03. The molecule has 0 bridgehead atoms. The maximum Gasteiger partial charge on any atom is 0.326 e. The number of carbonyl (C=O) groups excluding carboxylic acids is 2. The van der Waals surface area contributed by atoms with Crippen molar-refractivity contribution < 1.29 is 28.6 Å². The third kappa shape index (κ3) is 5.75. The van der Waals surface area contributed by atoms with E-state index in [1.165, 1.54) is 46.2 Å². The Hall–Kier alpha value is -5.49. The summed E-state index contributed by atoms with van der Waals surface area (Å²) in [6.45, 7) is 0.774. The maximum atomic E-state index is 13.4. The lowest BCUT2D eigenvalue weighted by Gasteiger charge is -2.20. The zero-order chi connectivity index (χ0) is 30.8. The first-order valence-electron chi connectivity index (χ1n) is 14.0. The SMILES string of the molecule is NCCNC(=O)c1cc2c(-c3cccc(O[C@H]4C[C@@H](C(=O)O)N(C(=O)c5cnn(-c6ccc(F)cc6)c5)C4)c3)cccc2[nH]1. The van der Waals surface area contributed by atoms with Crippen LogP contribution in [0.15, 0.2) is 85.2 Å². The van der Waals surface area contributed by atoms with Crippen molar-refractivity contribution in [1.82, 2.24) is 25.0 Å². The summed E-state index contributed by atoms with van der Waals surface area (Å²) in [7, 11) is 0. The number of carboxylic acid groups (broad SMARTS) is 1. The predicted octanol–water partition coefficient (Wildman–Crippen LogP) is 3.59. The summed E-state index contributed by atoms with van der Waals surface area (Å²) in [6.07, 6.45) is 2.38. The zero-order valence-electron chi connectivity index (χ0n) is 23.4. The summed E-state index contributed by atoms with van der Waals surface area (Å²) in [4.78, 5) is 42.4. The molecule has 2 amide bonds. The number of aromatic nitrogens is 3. The summed E-state index contributed by atoms with van der Waals surface area (Å²) in [5.74, 6) is -1.74. The van der Waals surface area contributed by atoms with Gasteiger partial charge in [0.2, 0.25) is 0 Å². The van der Waals surface area contributed by atoms with E-state index in [9.17, 15) is 23.9 Å². The van der Waals surface area contributed by atoms with E-state index in [0.717, 1.165) is 22.0 Å². The number of H-pyrrole nitrogens is 1. The van der Waals surface area contributed by atoms with Crippen molar-refractivity contribution in [3.63, 3.8) is 0 Å². The lowest BCUT2D eigenvalue weighted by Crippen LogP contribution is -2.40. The third-order valence-electron chi connectivity index (χ3n) is 7.52. The molecule has 1 aliphatic rings. The van der Waals surface area contributed by atoms with Crippen molar-refractivity contribution >= 4 is 28.7 Å². The number of carboxylic acids is 1. The van der Waals surface area contributed by atoms with Gasteiger partial charge in [-0.2, -0.15) is 5.10 Å². The number of hydrogen-bond acceptors (Lipinski definition) is 6. The number of aliphatic carboxylic acids is 1. The van der Waals surface area contributed by atoms with Gasteiger partial charge in [0.05, 0.1) is 24.0 Å². The fourth-order valence-corrected chi connectivity index (χ4v) is 5.42. The van der Waals surface area contributed by atoms with Crippen LogP contribution in [0.5, 0.6) is 5.75 Å². The predicted molar refractivity (Wildman–Crippen MR) is 160 cm³/mol. The Balaban J connectivity index is 1.20. The molecule has 0 aliphatic carbocycles. The first-order chi connectivity index (χ1) is 21.3. The summed E-state index contributed by atoms with van der Waals surface area (Å²) in [5.41, 5.74) is 9.21. The smallest absolute Gasteiger partial charge is 0.326 e. The molecular weight excluding hydrogens is 567 g/mol. The van der Waals surface area contributed by atoms with Crippen molar-refractivity contribution in [3.05, 3.63) is 102 Å². The molecule has 0 spiro atoms. The Labute approximate surface area is 251 Å². The number of carbonyl (C=O) groups is 3. The van der Waals surface area contributed by atoms with E-state index in [-0.39, 0.29) is 24.4 Å². The first kappa shape index (κ1) is 28.6. The van der Waals surface area contributed by atoms with Crippen LogP contribution in [0.4, 0.5) is 4.39 Å². The molecule has 6 rings (SSSR count). The van der Waals surface area contributed by atoms with E-state index in [1.807, 2.05) is 36.4 Å². The molecular formula is C32H29FN6O5. The normalized spacial score (nSPS) is 16.3. The Kier molecular flexibility index (Phi) is 7.82. The summed E-state index contributed by atoms with van der Waals surface area (Å²) in [5, 5.41) is 17.7. The summed E-state index contributed by atoms with van der Waals surface area (Å²) >= 11 is 0. The molecule has 5 N–H and O–H groups in total. The standard InChI is InChI=1S/C32H29FN6O5/c33-21-7-9-22(10-8-21)39-17-20(16-36-39)31(41)38-18-24(14-29(38)32(42)43)44-23-4-1-3-19(13-23)25-5-2-6-27-26(25)15-28(37-27)30(40)35-12-11-34/h1-10,13,15-17,24,29,37H,11-12,14,18,34H2,(H,35,40)(H,42,43)/t24-,29-/m0/s1. The Morgan fingerprint density at radius 1 is 1.09 bits per heavy atom. The average molecular weight is 597 g/mol. The fourth-order valence-electron chi connectivity index (χ4n) is 5.42. The largest absolute Gasteiger partial charge is 0.488 e. The van der Waals surface area contributed by atoms with Gasteiger partial charge in [-0.1, -0.05) is 24.3 Å². The number of rotatable bonds is 9. The van der Waals surface area contributed by atoms with Gasteiger partial charge in [-0.25, -0.2) is 13.9 Å². The minimum absolute atomic E-state index is 0.0659. The number of nitrogens with zero attached hydrogens (tertiary/aromatic N) is 3. The monoisotopic (exact) mass is 596 g/mol. The molecule has 44 heavy (non-hydrogen) atoms. The minimum atomic E-state index is -1.13. The lowest BCUT2D eigenvalue weighted by molar-refractivity contribution is -0.141. The molecule has 224 valence electrons. The molecule has 3 aromatic carbocycles. The molecule has 5 aromatic rings. The number of likely N-dealkylation sites (tertiary alicyclic amines) is 1. The Morgan fingerprint density at radius 3 is 2.66 bits per heavy atom. The molecule has 12 heteroatoms. The maximum absolute atomic E-state index is 13.4. The molecule has 3 heterocycles. The van der Waals surface area contributed by atoms with Crippen LogP contribution in [0.3, 0.4) is 0 Å². The second kappa shape index (κ2) is 12.0. The number of nitrogens with one attached hydrogen (secondary N) is 2. The molecule has 0 unspecified atom stereocenters. The van der Waals surface area contributed by atoms with Crippen LogP contribution in [0.25, 0.3) is 27.7 Å².